The Kier molecular flexibility index (Phi) is 8.72. The topological polar surface area (TPSA) is 112 Å². The lowest BCUT2D eigenvalue weighted by molar-refractivity contribution is 0.00997. The van der Waals surface area contributed by atoms with E-state index in [-0.39, 0.29) is 12.1 Å². The second-order valence-corrected chi connectivity index (χ2v) is 11.9. The standard InChI is InChI=1S/C29H43N7O4/c1-8-22(34-13-15-35(16-14-34)26(37)40-28(2,3)4)21-11-9-20(10-12-21)18-31-25-32-23(30-7)17-24(33-25)36-27(38)39-19-29(36,5)6/h9-12,17,22H,8,13-16,18-19H2,1-7H3,(H2,30,31,32,33). The van der Waals surface area contributed by atoms with E-state index in [1.165, 1.54) is 5.56 Å². The Balaban J connectivity index is 1.37. The van der Waals surface area contributed by atoms with E-state index in [2.05, 4.69) is 56.7 Å². The van der Waals surface area contributed by atoms with E-state index >= 15 is 0 Å². The van der Waals surface area contributed by atoms with Crippen LogP contribution in [-0.4, -0.2) is 82.9 Å². The molecule has 11 nitrogen and oxygen atoms in total. The van der Waals surface area contributed by atoms with Crippen LogP contribution in [0.5, 0.6) is 0 Å². The quantitative estimate of drug-likeness (QED) is 0.473. The maximum Gasteiger partial charge on any atom is 0.416 e. The average molecular weight is 554 g/mol. The summed E-state index contributed by atoms with van der Waals surface area (Å²) in [5.41, 5.74) is 1.36. The van der Waals surface area contributed by atoms with Crippen molar-refractivity contribution in [1.29, 1.82) is 0 Å². The van der Waals surface area contributed by atoms with Crippen LogP contribution in [0.3, 0.4) is 0 Å². The van der Waals surface area contributed by atoms with Crippen molar-refractivity contribution >= 4 is 29.8 Å². The minimum atomic E-state index is -0.498. The fourth-order valence-electron chi connectivity index (χ4n) is 5.06. The van der Waals surface area contributed by atoms with Crippen molar-refractivity contribution in [3.8, 4) is 0 Å². The van der Waals surface area contributed by atoms with Crippen LogP contribution in [0, 0.1) is 0 Å². The predicted molar refractivity (Wildman–Crippen MR) is 156 cm³/mol. The Morgan fingerprint density at radius 1 is 1.12 bits per heavy atom. The summed E-state index contributed by atoms with van der Waals surface area (Å²) in [5.74, 6) is 1.52. The number of ether oxygens (including phenoxy) is 2. The van der Waals surface area contributed by atoms with Gasteiger partial charge >= 0.3 is 12.2 Å². The molecular weight excluding hydrogens is 510 g/mol. The fourth-order valence-corrected chi connectivity index (χ4v) is 5.06. The molecule has 2 aromatic rings. The molecule has 1 aromatic heterocycles. The summed E-state index contributed by atoms with van der Waals surface area (Å²) in [6.07, 6.45) is 0.328. The lowest BCUT2D eigenvalue weighted by Crippen LogP contribution is -2.50. The molecular formula is C29H43N7O4. The average Bonchev–Trinajstić information content (AvgIpc) is 3.19. The van der Waals surface area contributed by atoms with Crippen molar-refractivity contribution in [2.75, 3.05) is 55.4 Å². The highest BCUT2D eigenvalue weighted by atomic mass is 16.6. The van der Waals surface area contributed by atoms with Crippen LogP contribution >= 0.6 is 0 Å². The molecule has 4 rings (SSSR count). The van der Waals surface area contributed by atoms with E-state index in [0.29, 0.717) is 43.8 Å². The van der Waals surface area contributed by atoms with Crippen LogP contribution in [0.1, 0.15) is 65.1 Å². The number of nitrogens with zero attached hydrogens (tertiary/aromatic N) is 5. The first kappa shape index (κ1) is 29.4. The Morgan fingerprint density at radius 2 is 1.80 bits per heavy atom. The number of carbonyl (C=O) groups excluding carboxylic acids is 2. The molecule has 40 heavy (non-hydrogen) atoms. The van der Waals surface area contributed by atoms with Gasteiger partial charge in [-0.3, -0.25) is 9.80 Å². The van der Waals surface area contributed by atoms with Crippen LogP contribution in [-0.2, 0) is 16.0 Å². The number of piperazine rings is 1. The van der Waals surface area contributed by atoms with E-state index in [1.807, 2.05) is 34.6 Å². The molecule has 11 heteroatoms. The first-order valence-electron chi connectivity index (χ1n) is 14.0. The second-order valence-electron chi connectivity index (χ2n) is 11.9. The molecule has 1 aromatic carbocycles. The van der Waals surface area contributed by atoms with Crippen LogP contribution < -0.4 is 15.5 Å². The molecule has 0 radical (unpaired) electrons. The number of anilines is 3. The summed E-state index contributed by atoms with van der Waals surface area (Å²) >= 11 is 0. The van der Waals surface area contributed by atoms with Crippen LogP contribution in [0.2, 0.25) is 0 Å². The zero-order valence-electron chi connectivity index (χ0n) is 24.8. The first-order chi connectivity index (χ1) is 18.9. The highest BCUT2D eigenvalue weighted by Crippen LogP contribution is 2.31. The van der Waals surface area contributed by atoms with Gasteiger partial charge in [-0.05, 0) is 52.2 Å². The molecule has 2 fully saturated rings. The first-order valence-corrected chi connectivity index (χ1v) is 14.0. The van der Waals surface area contributed by atoms with Gasteiger partial charge in [0.05, 0.1) is 5.54 Å². The van der Waals surface area contributed by atoms with Gasteiger partial charge < -0.3 is 25.0 Å². The molecule has 2 aliphatic rings. The van der Waals surface area contributed by atoms with Crippen LogP contribution in [0.4, 0.5) is 27.2 Å². The predicted octanol–water partition coefficient (Wildman–Crippen LogP) is 4.87. The zero-order valence-corrected chi connectivity index (χ0v) is 24.8. The van der Waals surface area contributed by atoms with Crippen molar-refractivity contribution in [1.82, 2.24) is 19.8 Å². The summed E-state index contributed by atoms with van der Waals surface area (Å²) in [6, 6.07) is 10.6. The van der Waals surface area contributed by atoms with Gasteiger partial charge in [-0.25, -0.2) is 9.59 Å². The molecule has 0 saturated carbocycles. The highest BCUT2D eigenvalue weighted by Gasteiger charge is 2.42. The number of carbonyl (C=O) groups is 2. The Morgan fingerprint density at radius 3 is 2.35 bits per heavy atom. The minimum absolute atomic E-state index is 0.238. The maximum absolute atomic E-state index is 12.4. The fraction of sp³-hybridized carbons (Fsp3) is 0.586. The van der Waals surface area contributed by atoms with Gasteiger partial charge in [0.1, 0.15) is 23.8 Å². The Bertz CT molecular complexity index is 1190. The van der Waals surface area contributed by atoms with E-state index in [0.717, 1.165) is 25.1 Å². The third-order valence-electron chi connectivity index (χ3n) is 7.14. The number of hydrogen-bond acceptors (Lipinski definition) is 9. The smallest absolute Gasteiger partial charge is 0.416 e. The lowest BCUT2D eigenvalue weighted by atomic mass is 10.0. The Labute approximate surface area is 237 Å². The largest absolute Gasteiger partial charge is 0.447 e. The summed E-state index contributed by atoms with van der Waals surface area (Å²) in [6.45, 7) is 15.5. The van der Waals surface area contributed by atoms with Gasteiger partial charge in [0, 0.05) is 51.9 Å². The number of rotatable bonds is 8. The molecule has 0 spiro atoms. The summed E-state index contributed by atoms with van der Waals surface area (Å²) in [5, 5.41) is 6.34. The molecule has 0 bridgehead atoms. The van der Waals surface area contributed by atoms with Crippen molar-refractivity contribution in [3.63, 3.8) is 0 Å². The van der Waals surface area contributed by atoms with Crippen molar-refractivity contribution < 1.29 is 19.1 Å². The number of nitrogens with one attached hydrogen (secondary N) is 2. The van der Waals surface area contributed by atoms with Crippen LogP contribution in [0.15, 0.2) is 30.3 Å². The zero-order chi connectivity index (χ0) is 29.1. The van der Waals surface area contributed by atoms with Gasteiger partial charge in [-0.15, -0.1) is 0 Å². The molecule has 2 aliphatic heterocycles. The molecule has 2 saturated heterocycles. The van der Waals surface area contributed by atoms with Gasteiger partial charge in [0.25, 0.3) is 0 Å². The van der Waals surface area contributed by atoms with E-state index < -0.39 is 17.2 Å². The molecule has 1 unspecified atom stereocenters. The normalized spacial score (nSPS) is 18.3. The van der Waals surface area contributed by atoms with Crippen LogP contribution in [0.25, 0.3) is 0 Å². The van der Waals surface area contributed by atoms with Gasteiger partial charge in [-0.2, -0.15) is 9.97 Å². The SMILES string of the molecule is CCC(c1ccc(CNc2nc(NC)cc(N3C(=O)OCC3(C)C)n2)cc1)N1CCN(C(=O)OC(C)(C)C)CC1. The van der Waals surface area contributed by atoms with Crippen molar-refractivity contribution in [2.45, 2.75) is 71.7 Å². The summed E-state index contributed by atoms with van der Waals surface area (Å²) in [7, 11) is 1.78. The third-order valence-corrected chi connectivity index (χ3v) is 7.14. The molecule has 218 valence electrons. The Hall–Kier alpha value is -3.60. The van der Waals surface area contributed by atoms with Crippen molar-refractivity contribution in [2.24, 2.45) is 0 Å². The molecule has 3 heterocycles. The maximum atomic E-state index is 12.4. The molecule has 1 atom stereocenters. The molecule has 0 aliphatic carbocycles. The number of cyclic esters (lactones) is 1. The third kappa shape index (κ3) is 6.93. The number of aromatic nitrogens is 2. The van der Waals surface area contributed by atoms with E-state index in [9.17, 15) is 9.59 Å². The van der Waals surface area contributed by atoms with E-state index in [4.69, 9.17) is 9.47 Å². The summed E-state index contributed by atoms with van der Waals surface area (Å²) in [4.78, 5) is 39.7. The lowest BCUT2D eigenvalue weighted by Gasteiger charge is -2.39. The molecule has 2 N–H and O–H groups in total. The highest BCUT2D eigenvalue weighted by molar-refractivity contribution is 5.90. The second kappa shape index (κ2) is 11.9. The number of hydrogen-bond donors (Lipinski definition) is 2. The minimum Gasteiger partial charge on any atom is -0.447 e. The van der Waals surface area contributed by atoms with Gasteiger partial charge in [0.15, 0.2) is 0 Å². The van der Waals surface area contributed by atoms with Crippen molar-refractivity contribution in [3.05, 3.63) is 41.5 Å². The molecule has 2 amide bonds. The van der Waals surface area contributed by atoms with E-state index in [1.54, 1.807) is 22.9 Å². The monoisotopic (exact) mass is 553 g/mol. The van der Waals surface area contributed by atoms with Gasteiger partial charge in [-0.1, -0.05) is 31.2 Å². The summed E-state index contributed by atoms with van der Waals surface area (Å²) < 4.78 is 10.8. The van der Waals surface area contributed by atoms with Gasteiger partial charge in [0.2, 0.25) is 5.95 Å². The number of amides is 2. The number of benzene rings is 1.